The highest BCUT2D eigenvalue weighted by Crippen LogP contribution is 2.30. The van der Waals surface area contributed by atoms with E-state index in [0.717, 1.165) is 4.31 Å². The summed E-state index contributed by atoms with van der Waals surface area (Å²) < 4.78 is 27.2. The standard InChI is InChI=1S/C17H18ClNO4S/c1-12(2)11-19(24(22,23)14-6-4-3-5-7-14)16-9-8-13(18)10-15(16)17(20)21/h3-10,12H,11H2,1-2H3,(H,20,21). The first-order chi connectivity index (χ1) is 11.2. The molecular weight excluding hydrogens is 350 g/mol. The van der Waals surface area contributed by atoms with Crippen LogP contribution in [0.5, 0.6) is 0 Å². The summed E-state index contributed by atoms with van der Waals surface area (Å²) in [5.74, 6) is -1.23. The molecular formula is C17H18ClNO4S. The van der Waals surface area contributed by atoms with Gasteiger partial charge < -0.3 is 5.11 Å². The van der Waals surface area contributed by atoms with Crippen molar-refractivity contribution < 1.29 is 18.3 Å². The van der Waals surface area contributed by atoms with Gasteiger partial charge in [-0.15, -0.1) is 0 Å². The Morgan fingerprint density at radius 3 is 2.33 bits per heavy atom. The average Bonchev–Trinajstić information content (AvgIpc) is 2.53. The number of sulfonamides is 1. The van der Waals surface area contributed by atoms with Gasteiger partial charge in [0.15, 0.2) is 0 Å². The van der Waals surface area contributed by atoms with E-state index in [1.165, 1.54) is 30.3 Å². The number of hydrogen-bond acceptors (Lipinski definition) is 3. The van der Waals surface area contributed by atoms with Crippen LogP contribution in [0.1, 0.15) is 24.2 Å². The van der Waals surface area contributed by atoms with Gasteiger partial charge in [0.05, 0.1) is 16.1 Å². The molecule has 5 nitrogen and oxygen atoms in total. The Labute approximate surface area is 146 Å². The minimum Gasteiger partial charge on any atom is -0.478 e. The molecule has 7 heteroatoms. The molecule has 1 N–H and O–H groups in total. The first-order valence-electron chi connectivity index (χ1n) is 7.34. The van der Waals surface area contributed by atoms with E-state index < -0.39 is 16.0 Å². The van der Waals surface area contributed by atoms with Crippen LogP contribution in [0.25, 0.3) is 0 Å². The normalized spacial score (nSPS) is 11.5. The van der Waals surface area contributed by atoms with E-state index in [1.807, 2.05) is 13.8 Å². The summed E-state index contributed by atoms with van der Waals surface area (Å²) in [6, 6.07) is 12.1. The van der Waals surface area contributed by atoms with Crippen LogP contribution in [0.3, 0.4) is 0 Å². The molecule has 2 aromatic rings. The number of carboxylic acid groups (broad SMARTS) is 1. The third-order valence-corrected chi connectivity index (χ3v) is 5.35. The van der Waals surface area contributed by atoms with Gasteiger partial charge >= 0.3 is 5.97 Å². The van der Waals surface area contributed by atoms with Gasteiger partial charge in [-0.2, -0.15) is 0 Å². The predicted molar refractivity (Wildman–Crippen MR) is 94.2 cm³/mol. The van der Waals surface area contributed by atoms with Crippen LogP contribution in [0.15, 0.2) is 53.4 Å². The number of anilines is 1. The summed E-state index contributed by atoms with van der Waals surface area (Å²) in [7, 11) is -3.89. The number of halogens is 1. The van der Waals surface area contributed by atoms with Gasteiger partial charge in [-0.3, -0.25) is 4.31 Å². The largest absolute Gasteiger partial charge is 0.478 e. The van der Waals surface area contributed by atoms with Crippen molar-refractivity contribution in [1.29, 1.82) is 0 Å². The Balaban J connectivity index is 2.65. The van der Waals surface area contributed by atoms with Gasteiger partial charge in [0, 0.05) is 11.6 Å². The van der Waals surface area contributed by atoms with Crippen LogP contribution in [0, 0.1) is 5.92 Å². The summed E-state index contributed by atoms with van der Waals surface area (Å²) in [6.07, 6.45) is 0. The summed E-state index contributed by atoms with van der Waals surface area (Å²) in [5.41, 5.74) is -0.0490. The number of carboxylic acids is 1. The molecule has 0 aliphatic heterocycles. The highest BCUT2D eigenvalue weighted by atomic mass is 35.5. The monoisotopic (exact) mass is 367 g/mol. The average molecular weight is 368 g/mol. The maximum atomic E-state index is 13.0. The predicted octanol–water partition coefficient (Wildman–Crippen LogP) is 3.89. The zero-order chi connectivity index (χ0) is 17.9. The maximum absolute atomic E-state index is 13.0. The maximum Gasteiger partial charge on any atom is 0.337 e. The third-order valence-electron chi connectivity index (χ3n) is 3.32. The first-order valence-corrected chi connectivity index (χ1v) is 9.16. The molecule has 0 aromatic heterocycles. The molecule has 0 saturated heterocycles. The second kappa shape index (κ2) is 7.23. The first kappa shape index (κ1) is 18.3. The quantitative estimate of drug-likeness (QED) is 0.840. The SMILES string of the molecule is CC(C)CN(c1ccc(Cl)cc1C(=O)O)S(=O)(=O)c1ccccc1. The van der Waals surface area contributed by atoms with Crippen molar-refractivity contribution >= 4 is 33.3 Å². The molecule has 0 saturated carbocycles. The Hall–Kier alpha value is -2.05. The van der Waals surface area contributed by atoms with E-state index in [9.17, 15) is 18.3 Å². The lowest BCUT2D eigenvalue weighted by Gasteiger charge is -2.27. The van der Waals surface area contributed by atoms with Crippen LogP contribution >= 0.6 is 11.6 Å². The molecule has 128 valence electrons. The van der Waals surface area contributed by atoms with Crippen molar-refractivity contribution in [1.82, 2.24) is 0 Å². The van der Waals surface area contributed by atoms with E-state index in [0.29, 0.717) is 0 Å². The topological polar surface area (TPSA) is 74.7 Å². The molecule has 0 radical (unpaired) electrons. The van der Waals surface area contributed by atoms with Crippen LogP contribution in [0.4, 0.5) is 5.69 Å². The summed E-state index contributed by atoms with van der Waals surface area (Å²) in [4.78, 5) is 11.7. The van der Waals surface area contributed by atoms with E-state index in [-0.39, 0.29) is 33.6 Å². The van der Waals surface area contributed by atoms with Gasteiger partial charge in [-0.05, 0) is 36.2 Å². The lowest BCUT2D eigenvalue weighted by Crippen LogP contribution is -2.35. The smallest absolute Gasteiger partial charge is 0.337 e. The van der Waals surface area contributed by atoms with E-state index in [4.69, 9.17) is 11.6 Å². The lowest BCUT2D eigenvalue weighted by atomic mass is 10.1. The summed E-state index contributed by atoms with van der Waals surface area (Å²) in [6.45, 7) is 3.88. The van der Waals surface area contributed by atoms with Gasteiger partial charge in [0.25, 0.3) is 10.0 Å². The van der Waals surface area contributed by atoms with Crippen LogP contribution in [0.2, 0.25) is 5.02 Å². The lowest BCUT2D eigenvalue weighted by molar-refractivity contribution is 0.0697. The fourth-order valence-corrected chi connectivity index (χ4v) is 4.11. The Bertz CT molecular complexity index is 835. The molecule has 0 unspecified atom stereocenters. The van der Waals surface area contributed by atoms with Crippen molar-refractivity contribution in [2.75, 3.05) is 10.8 Å². The van der Waals surface area contributed by atoms with Gasteiger partial charge in [-0.25, -0.2) is 13.2 Å². The molecule has 0 fully saturated rings. The second-order valence-corrected chi connectivity index (χ2v) is 8.01. The molecule has 0 amide bonds. The van der Waals surface area contributed by atoms with Crippen molar-refractivity contribution in [3.05, 3.63) is 59.1 Å². The zero-order valence-corrected chi connectivity index (χ0v) is 14.9. The Morgan fingerprint density at radius 2 is 1.79 bits per heavy atom. The van der Waals surface area contributed by atoms with Crippen LogP contribution < -0.4 is 4.31 Å². The fourth-order valence-electron chi connectivity index (χ4n) is 2.27. The zero-order valence-electron chi connectivity index (χ0n) is 13.3. The molecule has 24 heavy (non-hydrogen) atoms. The number of rotatable bonds is 6. The van der Waals surface area contributed by atoms with E-state index >= 15 is 0 Å². The number of hydrogen-bond donors (Lipinski definition) is 1. The highest BCUT2D eigenvalue weighted by molar-refractivity contribution is 7.92. The van der Waals surface area contributed by atoms with Crippen molar-refractivity contribution in [2.45, 2.75) is 18.7 Å². The van der Waals surface area contributed by atoms with Gasteiger partial charge in [0.1, 0.15) is 0 Å². The Morgan fingerprint density at radius 1 is 1.17 bits per heavy atom. The molecule has 0 atom stereocenters. The highest BCUT2D eigenvalue weighted by Gasteiger charge is 2.29. The van der Waals surface area contributed by atoms with Crippen molar-refractivity contribution in [2.24, 2.45) is 5.92 Å². The molecule has 0 bridgehead atoms. The van der Waals surface area contributed by atoms with Crippen molar-refractivity contribution in [3.8, 4) is 0 Å². The molecule has 2 rings (SSSR count). The van der Waals surface area contributed by atoms with Gasteiger partial charge in [-0.1, -0.05) is 43.6 Å². The number of carbonyl (C=O) groups is 1. The number of benzene rings is 2. The fraction of sp³-hybridized carbons (Fsp3) is 0.235. The van der Waals surface area contributed by atoms with Crippen molar-refractivity contribution in [3.63, 3.8) is 0 Å². The number of nitrogens with zero attached hydrogens (tertiary/aromatic N) is 1. The number of aromatic carboxylic acids is 1. The van der Waals surface area contributed by atoms with Gasteiger partial charge in [0.2, 0.25) is 0 Å². The van der Waals surface area contributed by atoms with Crippen LogP contribution in [-0.2, 0) is 10.0 Å². The second-order valence-electron chi connectivity index (χ2n) is 5.71. The van der Waals surface area contributed by atoms with E-state index in [2.05, 4.69) is 0 Å². The molecule has 0 aliphatic carbocycles. The molecule has 2 aromatic carbocycles. The minimum absolute atomic E-state index is 0.000750. The van der Waals surface area contributed by atoms with E-state index in [1.54, 1.807) is 18.2 Å². The summed E-state index contributed by atoms with van der Waals surface area (Å²) >= 11 is 5.87. The summed E-state index contributed by atoms with van der Waals surface area (Å²) in [5, 5.41) is 9.66. The minimum atomic E-state index is -3.89. The third kappa shape index (κ3) is 3.88. The van der Waals surface area contributed by atoms with Crippen LogP contribution in [-0.4, -0.2) is 26.0 Å². The molecule has 0 heterocycles. The molecule has 0 spiro atoms. The Kier molecular flexibility index (Phi) is 5.51. The molecule has 0 aliphatic rings.